The van der Waals surface area contributed by atoms with E-state index in [0.29, 0.717) is 17.1 Å². The fourth-order valence-electron chi connectivity index (χ4n) is 3.09. The van der Waals surface area contributed by atoms with Crippen LogP contribution in [0.4, 0.5) is 0 Å². The number of carbonyl (C=O) groups excluding carboxylic acids is 2. The second kappa shape index (κ2) is 12.6. The molecule has 0 unspecified atom stereocenters. The molecule has 0 amide bonds. The normalized spacial score (nSPS) is 11.8. The van der Waals surface area contributed by atoms with E-state index in [0.717, 1.165) is 11.1 Å². The molecule has 34 heavy (non-hydrogen) atoms. The Morgan fingerprint density at radius 1 is 0.735 bits per heavy atom. The molecule has 0 aliphatic heterocycles. The lowest BCUT2D eigenvalue weighted by molar-refractivity contribution is -0.153. The van der Waals surface area contributed by atoms with Gasteiger partial charge in [0.05, 0.1) is 14.2 Å². The van der Waals surface area contributed by atoms with Crippen LogP contribution in [-0.4, -0.2) is 32.8 Å². The molecule has 0 aliphatic carbocycles. The highest BCUT2D eigenvalue weighted by molar-refractivity contribution is 5.88. The van der Waals surface area contributed by atoms with Crippen LogP contribution in [0, 0.1) is 0 Å². The third kappa shape index (κ3) is 7.38. The first kappa shape index (κ1) is 24.3. The Morgan fingerprint density at radius 3 is 1.85 bits per heavy atom. The van der Waals surface area contributed by atoms with Crippen LogP contribution >= 0.6 is 0 Å². The molecule has 0 saturated carbocycles. The molecule has 1 atom stereocenters. The Balaban J connectivity index is 1.73. The van der Waals surface area contributed by atoms with Gasteiger partial charge in [-0.3, -0.25) is 0 Å². The molecule has 3 aromatic carbocycles. The van der Waals surface area contributed by atoms with Gasteiger partial charge in [0.1, 0.15) is 6.61 Å². The summed E-state index contributed by atoms with van der Waals surface area (Å²) in [4.78, 5) is 24.8. The van der Waals surface area contributed by atoms with E-state index in [1.165, 1.54) is 26.4 Å². The van der Waals surface area contributed by atoms with E-state index < -0.39 is 18.0 Å². The Hall–Kier alpha value is -4.32. The minimum atomic E-state index is -0.846. The molecule has 0 aliphatic rings. The zero-order valence-electron chi connectivity index (χ0n) is 19.0. The third-order valence-corrected chi connectivity index (χ3v) is 4.84. The van der Waals surface area contributed by atoms with Gasteiger partial charge in [-0.05, 0) is 41.0 Å². The Bertz CT molecular complexity index is 1140. The van der Waals surface area contributed by atoms with Gasteiger partial charge >= 0.3 is 11.9 Å². The second-order valence-corrected chi connectivity index (χ2v) is 7.16. The van der Waals surface area contributed by atoms with Crippen molar-refractivity contribution in [3.63, 3.8) is 0 Å². The Kier molecular flexibility index (Phi) is 9.05. The maximum absolute atomic E-state index is 12.5. The molecule has 0 spiro atoms. The average Bonchev–Trinajstić information content (AvgIpc) is 2.89. The molecule has 0 aromatic heterocycles. The van der Waals surface area contributed by atoms with Gasteiger partial charge in [-0.2, -0.15) is 0 Å². The van der Waals surface area contributed by atoms with E-state index >= 15 is 0 Å². The van der Waals surface area contributed by atoms with Crippen molar-refractivity contribution in [2.45, 2.75) is 6.10 Å². The van der Waals surface area contributed by atoms with Crippen molar-refractivity contribution in [2.24, 2.45) is 0 Å². The minimum Gasteiger partial charge on any atom is -0.493 e. The van der Waals surface area contributed by atoms with Gasteiger partial charge in [0, 0.05) is 12.2 Å². The van der Waals surface area contributed by atoms with Crippen molar-refractivity contribution in [3.8, 4) is 11.5 Å². The van der Waals surface area contributed by atoms with Crippen LogP contribution in [0.1, 0.15) is 22.8 Å². The van der Waals surface area contributed by atoms with Crippen LogP contribution in [-0.2, 0) is 19.1 Å². The fraction of sp³-hybridized carbons (Fsp3) is 0.143. The maximum atomic E-state index is 12.5. The quantitative estimate of drug-likeness (QED) is 0.305. The molecular formula is C28H26O6. The van der Waals surface area contributed by atoms with Gasteiger partial charge in [-0.25, -0.2) is 9.59 Å². The van der Waals surface area contributed by atoms with Crippen LogP contribution in [0.2, 0.25) is 0 Å². The second-order valence-electron chi connectivity index (χ2n) is 7.16. The number of hydrogen-bond acceptors (Lipinski definition) is 6. The zero-order valence-corrected chi connectivity index (χ0v) is 19.0. The molecule has 174 valence electrons. The van der Waals surface area contributed by atoms with E-state index in [1.807, 2.05) is 60.7 Å². The number of esters is 2. The number of rotatable bonds is 10. The first-order valence-electron chi connectivity index (χ1n) is 10.6. The highest BCUT2D eigenvalue weighted by Gasteiger charge is 2.20. The lowest BCUT2D eigenvalue weighted by atomic mass is 10.1. The molecule has 0 saturated heterocycles. The van der Waals surface area contributed by atoms with E-state index in [1.54, 1.807) is 30.4 Å². The fourth-order valence-corrected chi connectivity index (χ4v) is 3.09. The largest absolute Gasteiger partial charge is 0.493 e. The predicted octanol–water partition coefficient (Wildman–Crippen LogP) is 5.26. The number of methoxy groups -OCH3 is 2. The molecule has 3 aromatic rings. The SMILES string of the molecule is COc1ccc([C@@H](COC(=O)/C=C/c2ccccc2)OC(=O)/C=C/c2ccccc2)cc1OC. The van der Waals surface area contributed by atoms with Crippen LogP contribution < -0.4 is 9.47 Å². The molecule has 0 radical (unpaired) electrons. The summed E-state index contributed by atoms with van der Waals surface area (Å²) >= 11 is 0. The van der Waals surface area contributed by atoms with Crippen LogP contribution in [0.3, 0.4) is 0 Å². The van der Waals surface area contributed by atoms with E-state index in [-0.39, 0.29) is 6.61 Å². The van der Waals surface area contributed by atoms with Gasteiger partial charge in [0.2, 0.25) is 0 Å². The topological polar surface area (TPSA) is 71.1 Å². The third-order valence-electron chi connectivity index (χ3n) is 4.84. The van der Waals surface area contributed by atoms with Crippen molar-refractivity contribution < 1.29 is 28.5 Å². The number of benzene rings is 3. The Morgan fingerprint density at radius 2 is 1.29 bits per heavy atom. The highest BCUT2D eigenvalue weighted by atomic mass is 16.6. The number of carbonyl (C=O) groups is 2. The van der Waals surface area contributed by atoms with E-state index in [9.17, 15) is 9.59 Å². The van der Waals surface area contributed by atoms with Crippen molar-refractivity contribution in [1.82, 2.24) is 0 Å². The molecule has 6 heteroatoms. The van der Waals surface area contributed by atoms with Crippen LogP contribution in [0.5, 0.6) is 11.5 Å². The van der Waals surface area contributed by atoms with Gasteiger partial charge in [-0.1, -0.05) is 66.7 Å². The van der Waals surface area contributed by atoms with Gasteiger partial charge in [0.25, 0.3) is 0 Å². The van der Waals surface area contributed by atoms with E-state index in [2.05, 4.69) is 0 Å². The summed E-state index contributed by atoms with van der Waals surface area (Å²) in [6.45, 7) is -0.168. The summed E-state index contributed by atoms with van der Waals surface area (Å²) in [7, 11) is 3.05. The summed E-state index contributed by atoms with van der Waals surface area (Å²) in [6, 6.07) is 23.9. The lowest BCUT2D eigenvalue weighted by Gasteiger charge is -2.19. The summed E-state index contributed by atoms with van der Waals surface area (Å²) in [6.07, 6.45) is 5.13. The predicted molar refractivity (Wildman–Crippen MR) is 130 cm³/mol. The van der Waals surface area contributed by atoms with Crippen LogP contribution in [0.15, 0.2) is 91.0 Å². The van der Waals surface area contributed by atoms with Crippen molar-refractivity contribution in [1.29, 1.82) is 0 Å². The maximum Gasteiger partial charge on any atom is 0.331 e. The molecule has 3 rings (SSSR count). The standard InChI is InChI=1S/C28H26O6/c1-31-24-16-15-23(19-25(24)32-2)26(34-28(30)18-14-22-11-7-4-8-12-22)20-33-27(29)17-13-21-9-5-3-6-10-21/h3-19,26H,20H2,1-2H3/b17-13+,18-14+/t26-/m1/s1. The minimum absolute atomic E-state index is 0.168. The smallest absolute Gasteiger partial charge is 0.331 e. The number of hydrogen-bond donors (Lipinski definition) is 0. The van der Waals surface area contributed by atoms with Crippen molar-refractivity contribution in [2.75, 3.05) is 20.8 Å². The molecule has 0 bridgehead atoms. The van der Waals surface area contributed by atoms with Gasteiger partial charge in [-0.15, -0.1) is 0 Å². The molecule has 6 nitrogen and oxygen atoms in total. The summed E-state index contributed by atoms with van der Waals surface area (Å²) in [5.41, 5.74) is 2.33. The Labute approximate surface area is 199 Å². The first-order valence-corrected chi connectivity index (χ1v) is 10.6. The van der Waals surface area contributed by atoms with Crippen molar-refractivity contribution in [3.05, 3.63) is 108 Å². The van der Waals surface area contributed by atoms with Crippen LogP contribution in [0.25, 0.3) is 12.2 Å². The van der Waals surface area contributed by atoms with Gasteiger partial charge in [0.15, 0.2) is 17.6 Å². The molecule has 0 N–H and O–H groups in total. The van der Waals surface area contributed by atoms with E-state index in [4.69, 9.17) is 18.9 Å². The summed E-state index contributed by atoms with van der Waals surface area (Å²) < 4.78 is 21.6. The lowest BCUT2D eigenvalue weighted by Crippen LogP contribution is -2.17. The van der Waals surface area contributed by atoms with Crippen molar-refractivity contribution >= 4 is 24.1 Å². The monoisotopic (exact) mass is 458 g/mol. The molecule has 0 fully saturated rings. The number of ether oxygens (including phenoxy) is 4. The van der Waals surface area contributed by atoms with Gasteiger partial charge < -0.3 is 18.9 Å². The zero-order chi connectivity index (χ0) is 24.2. The first-order chi connectivity index (χ1) is 16.6. The summed E-state index contributed by atoms with van der Waals surface area (Å²) in [5, 5.41) is 0. The molecular weight excluding hydrogens is 432 g/mol. The highest BCUT2D eigenvalue weighted by Crippen LogP contribution is 2.31. The molecule has 0 heterocycles. The average molecular weight is 459 g/mol. The summed E-state index contributed by atoms with van der Waals surface area (Å²) in [5.74, 6) is -0.121.